The van der Waals surface area contributed by atoms with Crippen LogP contribution < -0.4 is 0 Å². The lowest BCUT2D eigenvalue weighted by Gasteiger charge is -2.29. The number of likely N-dealkylation sites (N-methyl/N-ethyl adjacent to an activating group) is 1. The monoisotopic (exact) mass is 321 g/mol. The van der Waals surface area contributed by atoms with E-state index in [1.165, 1.54) is 4.90 Å². The number of benzene rings is 1. The summed E-state index contributed by atoms with van der Waals surface area (Å²) in [5, 5.41) is 0. The van der Waals surface area contributed by atoms with Crippen molar-refractivity contribution in [3.8, 4) is 0 Å². The Balaban J connectivity index is 1.98. The highest BCUT2D eigenvalue weighted by Crippen LogP contribution is 2.22. The highest BCUT2D eigenvalue weighted by Gasteiger charge is 2.38. The summed E-state index contributed by atoms with van der Waals surface area (Å²) in [6, 6.07) is 8.73. The van der Waals surface area contributed by atoms with Gasteiger partial charge in [0.25, 0.3) is 0 Å². The van der Waals surface area contributed by atoms with E-state index < -0.39 is 18.1 Å². The SMILES string of the molecule is CCOC(=O)[C@H](C1CCOC1)N(C)C(=O)OCc1ccccc1. The van der Waals surface area contributed by atoms with Gasteiger partial charge in [-0.05, 0) is 18.9 Å². The Morgan fingerprint density at radius 2 is 2.04 bits per heavy atom. The molecule has 1 saturated heterocycles. The normalized spacial score (nSPS) is 18.3. The van der Waals surface area contributed by atoms with Gasteiger partial charge in [-0.15, -0.1) is 0 Å². The van der Waals surface area contributed by atoms with Crippen LogP contribution in [0.5, 0.6) is 0 Å². The van der Waals surface area contributed by atoms with Crippen LogP contribution in [0, 0.1) is 5.92 Å². The first-order valence-corrected chi connectivity index (χ1v) is 7.81. The molecule has 23 heavy (non-hydrogen) atoms. The molecule has 0 bridgehead atoms. The molecule has 1 aromatic rings. The summed E-state index contributed by atoms with van der Waals surface area (Å²) in [6.07, 6.45) is 0.179. The van der Waals surface area contributed by atoms with Crippen LogP contribution in [0.1, 0.15) is 18.9 Å². The van der Waals surface area contributed by atoms with Crippen molar-refractivity contribution in [3.63, 3.8) is 0 Å². The van der Waals surface area contributed by atoms with Gasteiger partial charge in [-0.2, -0.15) is 0 Å². The Hall–Kier alpha value is -2.08. The number of ether oxygens (including phenoxy) is 3. The fourth-order valence-corrected chi connectivity index (χ4v) is 2.63. The molecule has 0 saturated carbocycles. The van der Waals surface area contributed by atoms with Crippen molar-refractivity contribution >= 4 is 12.1 Å². The second kappa shape index (κ2) is 8.53. The number of amides is 1. The van der Waals surface area contributed by atoms with Crippen molar-refractivity contribution in [3.05, 3.63) is 35.9 Å². The maximum atomic E-state index is 12.3. The third kappa shape index (κ3) is 4.69. The highest BCUT2D eigenvalue weighted by atomic mass is 16.6. The van der Waals surface area contributed by atoms with Crippen LogP contribution in [0.4, 0.5) is 4.79 Å². The Morgan fingerprint density at radius 1 is 1.30 bits per heavy atom. The van der Waals surface area contributed by atoms with Crippen LogP contribution in [0.3, 0.4) is 0 Å². The fourth-order valence-electron chi connectivity index (χ4n) is 2.63. The molecule has 0 radical (unpaired) electrons. The van der Waals surface area contributed by atoms with Crippen LogP contribution in [-0.2, 0) is 25.6 Å². The molecule has 0 aromatic heterocycles. The topological polar surface area (TPSA) is 65.1 Å². The van der Waals surface area contributed by atoms with E-state index in [-0.39, 0.29) is 19.1 Å². The maximum absolute atomic E-state index is 12.3. The number of hydrogen-bond donors (Lipinski definition) is 0. The summed E-state index contributed by atoms with van der Waals surface area (Å²) < 4.78 is 15.7. The zero-order valence-electron chi connectivity index (χ0n) is 13.6. The minimum atomic E-state index is -0.680. The zero-order chi connectivity index (χ0) is 16.7. The number of carbonyl (C=O) groups excluding carboxylic acids is 2. The quantitative estimate of drug-likeness (QED) is 0.752. The molecule has 1 unspecified atom stereocenters. The smallest absolute Gasteiger partial charge is 0.410 e. The van der Waals surface area contributed by atoms with E-state index in [1.807, 2.05) is 30.3 Å². The third-order valence-electron chi connectivity index (χ3n) is 3.85. The molecule has 0 N–H and O–H groups in total. The Kier molecular flexibility index (Phi) is 6.40. The number of hydrogen-bond acceptors (Lipinski definition) is 5. The van der Waals surface area contributed by atoms with Gasteiger partial charge >= 0.3 is 12.1 Å². The molecule has 1 heterocycles. The Labute approximate surface area is 136 Å². The van der Waals surface area contributed by atoms with Crippen molar-refractivity contribution < 1.29 is 23.8 Å². The number of carbonyl (C=O) groups is 2. The third-order valence-corrected chi connectivity index (χ3v) is 3.85. The number of esters is 1. The van der Waals surface area contributed by atoms with Crippen molar-refractivity contribution in [2.75, 3.05) is 26.9 Å². The minimum absolute atomic E-state index is 0.0664. The summed E-state index contributed by atoms with van der Waals surface area (Å²) in [5.41, 5.74) is 0.895. The van der Waals surface area contributed by atoms with E-state index in [4.69, 9.17) is 14.2 Å². The molecule has 2 rings (SSSR count). The molecule has 1 aliphatic heterocycles. The number of rotatable bonds is 6. The molecular weight excluding hydrogens is 298 g/mol. The molecule has 6 heteroatoms. The van der Waals surface area contributed by atoms with E-state index >= 15 is 0 Å². The molecule has 1 aromatic carbocycles. The molecule has 1 aliphatic rings. The molecule has 126 valence electrons. The van der Waals surface area contributed by atoms with Gasteiger partial charge in [0.2, 0.25) is 0 Å². The summed E-state index contributed by atoms with van der Waals surface area (Å²) >= 11 is 0. The summed E-state index contributed by atoms with van der Waals surface area (Å²) in [7, 11) is 1.56. The Bertz CT molecular complexity index is 513. The first kappa shape index (κ1) is 17.3. The Morgan fingerprint density at radius 3 is 2.65 bits per heavy atom. The summed E-state index contributed by atoms with van der Waals surface area (Å²) in [4.78, 5) is 25.8. The lowest BCUT2D eigenvalue weighted by molar-refractivity contribution is -0.150. The molecule has 6 nitrogen and oxygen atoms in total. The van der Waals surface area contributed by atoms with Crippen molar-refractivity contribution in [1.82, 2.24) is 4.90 Å². The lowest BCUT2D eigenvalue weighted by Crippen LogP contribution is -2.48. The van der Waals surface area contributed by atoms with Crippen LogP contribution in [0.25, 0.3) is 0 Å². The van der Waals surface area contributed by atoms with Crippen molar-refractivity contribution in [2.45, 2.75) is 26.0 Å². The second-order valence-electron chi connectivity index (χ2n) is 5.47. The van der Waals surface area contributed by atoms with Gasteiger partial charge in [0.15, 0.2) is 0 Å². The van der Waals surface area contributed by atoms with Gasteiger partial charge in [-0.1, -0.05) is 30.3 Å². The lowest BCUT2D eigenvalue weighted by atomic mass is 9.98. The van der Waals surface area contributed by atoms with E-state index in [0.29, 0.717) is 13.2 Å². The second-order valence-corrected chi connectivity index (χ2v) is 5.47. The minimum Gasteiger partial charge on any atom is -0.464 e. The van der Waals surface area contributed by atoms with Crippen LogP contribution in [0.2, 0.25) is 0 Å². The molecular formula is C17H23NO5. The molecule has 1 fully saturated rings. The van der Waals surface area contributed by atoms with Gasteiger partial charge in [0.1, 0.15) is 12.6 Å². The highest BCUT2D eigenvalue weighted by molar-refractivity contribution is 5.81. The van der Waals surface area contributed by atoms with Crippen LogP contribution in [-0.4, -0.2) is 49.9 Å². The zero-order valence-corrected chi connectivity index (χ0v) is 13.6. The predicted molar refractivity (Wildman–Crippen MR) is 83.7 cm³/mol. The molecule has 0 aliphatic carbocycles. The van der Waals surface area contributed by atoms with Gasteiger partial charge in [-0.25, -0.2) is 9.59 Å². The number of nitrogens with zero attached hydrogens (tertiary/aromatic N) is 1. The molecule has 2 atom stereocenters. The van der Waals surface area contributed by atoms with Crippen LogP contribution >= 0.6 is 0 Å². The van der Waals surface area contributed by atoms with E-state index in [9.17, 15) is 9.59 Å². The average molecular weight is 321 g/mol. The maximum Gasteiger partial charge on any atom is 0.410 e. The van der Waals surface area contributed by atoms with E-state index in [2.05, 4.69) is 0 Å². The van der Waals surface area contributed by atoms with Gasteiger partial charge in [0.05, 0.1) is 13.2 Å². The first-order valence-electron chi connectivity index (χ1n) is 7.81. The molecule has 1 amide bonds. The fraction of sp³-hybridized carbons (Fsp3) is 0.529. The van der Waals surface area contributed by atoms with Crippen molar-refractivity contribution in [2.24, 2.45) is 5.92 Å². The van der Waals surface area contributed by atoms with Gasteiger partial charge in [-0.3, -0.25) is 4.90 Å². The van der Waals surface area contributed by atoms with Crippen molar-refractivity contribution in [1.29, 1.82) is 0 Å². The summed E-state index contributed by atoms with van der Waals surface area (Å²) in [5.74, 6) is -0.481. The first-order chi connectivity index (χ1) is 11.1. The standard InChI is InChI=1S/C17H23NO5/c1-3-22-16(19)15(14-9-10-21-12-14)18(2)17(20)23-11-13-7-5-4-6-8-13/h4-8,14-15H,3,9-12H2,1-2H3/t14?,15-/m0/s1. The van der Waals surface area contributed by atoms with Gasteiger partial charge < -0.3 is 14.2 Å². The predicted octanol–water partition coefficient (Wildman–Crippen LogP) is 2.22. The van der Waals surface area contributed by atoms with Crippen LogP contribution in [0.15, 0.2) is 30.3 Å². The average Bonchev–Trinajstić information content (AvgIpc) is 3.08. The largest absolute Gasteiger partial charge is 0.464 e. The summed E-state index contributed by atoms with van der Waals surface area (Å²) in [6.45, 7) is 3.22. The molecule has 0 spiro atoms. The van der Waals surface area contributed by atoms with E-state index in [0.717, 1.165) is 12.0 Å². The van der Waals surface area contributed by atoms with E-state index in [1.54, 1.807) is 14.0 Å². The van der Waals surface area contributed by atoms with Gasteiger partial charge in [0, 0.05) is 19.6 Å².